The smallest absolute Gasteiger partial charge is 0.416 e. The first-order valence-electron chi connectivity index (χ1n) is 8.67. The van der Waals surface area contributed by atoms with E-state index in [1.807, 2.05) is 4.90 Å². The lowest BCUT2D eigenvalue weighted by Crippen LogP contribution is -2.37. The maximum atomic E-state index is 12.7. The van der Waals surface area contributed by atoms with E-state index in [1.165, 1.54) is 25.6 Å². The maximum absolute atomic E-state index is 12.7. The molecule has 0 bridgehead atoms. The Bertz CT molecular complexity index is 834. The van der Waals surface area contributed by atoms with Gasteiger partial charge in [-0.2, -0.15) is 13.2 Å². The molecule has 150 valence electrons. The summed E-state index contributed by atoms with van der Waals surface area (Å²) in [6, 6.07) is 4.59. The van der Waals surface area contributed by atoms with Crippen LogP contribution in [-0.4, -0.2) is 36.1 Å². The zero-order valence-electron chi connectivity index (χ0n) is 15.2. The number of carbonyl (C=O) groups is 1. The molecule has 0 saturated carbocycles. The summed E-state index contributed by atoms with van der Waals surface area (Å²) in [6.45, 7) is 1.17. The fourth-order valence-electron chi connectivity index (χ4n) is 3.11. The Morgan fingerprint density at radius 3 is 2.43 bits per heavy atom. The summed E-state index contributed by atoms with van der Waals surface area (Å²) in [7, 11) is 1.37. The van der Waals surface area contributed by atoms with Gasteiger partial charge < -0.3 is 20.7 Å². The second kappa shape index (κ2) is 7.91. The van der Waals surface area contributed by atoms with E-state index in [9.17, 15) is 18.0 Å². The Hall–Kier alpha value is -3.04. The van der Waals surface area contributed by atoms with Crippen molar-refractivity contribution in [2.75, 3.05) is 36.1 Å². The highest BCUT2D eigenvalue weighted by Gasteiger charge is 2.30. The second-order valence-electron chi connectivity index (χ2n) is 6.44. The number of methoxy groups -OCH3 is 1. The molecule has 1 aliphatic rings. The van der Waals surface area contributed by atoms with Gasteiger partial charge in [0.2, 0.25) is 0 Å². The van der Waals surface area contributed by atoms with Crippen molar-refractivity contribution in [3.63, 3.8) is 0 Å². The summed E-state index contributed by atoms with van der Waals surface area (Å²) < 4.78 is 42.8. The number of carbonyl (C=O) groups excluding carboxylic acids is 1. The van der Waals surface area contributed by atoms with E-state index in [-0.39, 0.29) is 11.9 Å². The standard InChI is InChI=1S/C18H20F3N5O2/c1-28-17(27)11-6-8-26(9-7-11)16-14(22)15(23-10-24-16)25-13-4-2-12(3-5-13)18(19,20)21/h2-5,10-11H,6-9,22H2,1H3,(H,23,24,25). The van der Waals surface area contributed by atoms with Crippen molar-refractivity contribution in [1.29, 1.82) is 0 Å². The van der Waals surface area contributed by atoms with Crippen molar-refractivity contribution in [3.05, 3.63) is 36.2 Å². The zero-order chi connectivity index (χ0) is 20.3. The molecule has 2 heterocycles. The fourth-order valence-corrected chi connectivity index (χ4v) is 3.11. The number of halogens is 3. The zero-order valence-corrected chi connectivity index (χ0v) is 15.2. The molecule has 0 spiro atoms. The van der Waals surface area contributed by atoms with Crippen molar-refractivity contribution >= 4 is 29.0 Å². The van der Waals surface area contributed by atoms with Crippen molar-refractivity contribution < 1.29 is 22.7 Å². The molecule has 0 aliphatic carbocycles. The van der Waals surface area contributed by atoms with Gasteiger partial charge in [0.05, 0.1) is 18.6 Å². The highest BCUT2D eigenvalue weighted by atomic mass is 19.4. The number of benzene rings is 1. The van der Waals surface area contributed by atoms with Gasteiger partial charge in [0, 0.05) is 18.8 Å². The average molecular weight is 395 g/mol. The Morgan fingerprint density at radius 2 is 1.86 bits per heavy atom. The first-order valence-corrected chi connectivity index (χ1v) is 8.67. The Morgan fingerprint density at radius 1 is 1.21 bits per heavy atom. The quantitative estimate of drug-likeness (QED) is 0.768. The minimum Gasteiger partial charge on any atom is -0.469 e. The number of nitrogen functional groups attached to an aromatic ring is 1. The number of hydrogen-bond donors (Lipinski definition) is 2. The van der Waals surface area contributed by atoms with Crippen LogP contribution in [0.3, 0.4) is 0 Å². The third-order valence-corrected chi connectivity index (χ3v) is 4.67. The number of alkyl halides is 3. The van der Waals surface area contributed by atoms with E-state index in [4.69, 9.17) is 10.5 Å². The molecule has 3 rings (SSSR count). The van der Waals surface area contributed by atoms with Gasteiger partial charge in [-0.05, 0) is 37.1 Å². The Kier molecular flexibility index (Phi) is 5.57. The van der Waals surface area contributed by atoms with Crippen LogP contribution in [-0.2, 0) is 15.7 Å². The molecule has 0 amide bonds. The summed E-state index contributed by atoms with van der Waals surface area (Å²) in [4.78, 5) is 21.9. The predicted octanol–water partition coefficient (Wildman–Crippen LogP) is 3.21. The third-order valence-electron chi connectivity index (χ3n) is 4.67. The molecular weight excluding hydrogens is 375 g/mol. The Labute approximate surface area is 159 Å². The summed E-state index contributed by atoms with van der Waals surface area (Å²) in [5, 5.41) is 2.92. The van der Waals surface area contributed by atoms with E-state index in [0.29, 0.717) is 48.9 Å². The summed E-state index contributed by atoms with van der Waals surface area (Å²) in [5.74, 6) is 0.460. The lowest BCUT2D eigenvalue weighted by atomic mass is 9.97. The normalized spacial score (nSPS) is 15.4. The minimum atomic E-state index is -4.39. The van der Waals surface area contributed by atoms with Gasteiger partial charge in [-0.15, -0.1) is 0 Å². The van der Waals surface area contributed by atoms with Crippen LogP contribution in [0.2, 0.25) is 0 Å². The van der Waals surface area contributed by atoms with Crippen molar-refractivity contribution in [3.8, 4) is 0 Å². The Balaban J connectivity index is 1.72. The topological polar surface area (TPSA) is 93.4 Å². The van der Waals surface area contributed by atoms with Crippen LogP contribution in [0.15, 0.2) is 30.6 Å². The van der Waals surface area contributed by atoms with Gasteiger partial charge in [0.25, 0.3) is 0 Å². The maximum Gasteiger partial charge on any atom is 0.416 e. The monoisotopic (exact) mass is 395 g/mol. The lowest BCUT2D eigenvalue weighted by molar-refractivity contribution is -0.146. The highest BCUT2D eigenvalue weighted by Crippen LogP contribution is 2.33. The first kappa shape index (κ1) is 19.7. The highest BCUT2D eigenvalue weighted by molar-refractivity contribution is 5.79. The molecule has 1 saturated heterocycles. The van der Waals surface area contributed by atoms with Gasteiger partial charge >= 0.3 is 12.1 Å². The van der Waals surface area contributed by atoms with Crippen LogP contribution >= 0.6 is 0 Å². The number of aromatic nitrogens is 2. The molecule has 1 aliphatic heterocycles. The van der Waals surface area contributed by atoms with Gasteiger partial charge in [0.15, 0.2) is 11.6 Å². The van der Waals surface area contributed by atoms with Crippen LogP contribution in [0.1, 0.15) is 18.4 Å². The van der Waals surface area contributed by atoms with Crippen molar-refractivity contribution in [2.45, 2.75) is 19.0 Å². The molecule has 1 fully saturated rings. The molecule has 0 atom stereocenters. The van der Waals surface area contributed by atoms with Crippen LogP contribution in [0.4, 0.5) is 36.2 Å². The molecule has 10 heteroatoms. The molecule has 7 nitrogen and oxygen atoms in total. The van der Waals surface area contributed by atoms with Crippen molar-refractivity contribution in [2.24, 2.45) is 5.92 Å². The van der Waals surface area contributed by atoms with E-state index in [1.54, 1.807) is 0 Å². The third kappa shape index (κ3) is 4.26. The number of ether oxygens (including phenoxy) is 1. The molecule has 0 unspecified atom stereocenters. The van der Waals surface area contributed by atoms with Gasteiger partial charge in [0.1, 0.15) is 12.0 Å². The van der Waals surface area contributed by atoms with Gasteiger partial charge in [-0.1, -0.05) is 0 Å². The van der Waals surface area contributed by atoms with E-state index in [2.05, 4.69) is 15.3 Å². The summed E-state index contributed by atoms with van der Waals surface area (Å²) in [5.41, 5.74) is 6.16. The average Bonchev–Trinajstić information content (AvgIpc) is 2.69. The molecule has 2 aromatic rings. The van der Waals surface area contributed by atoms with Gasteiger partial charge in [-0.3, -0.25) is 4.79 Å². The molecule has 3 N–H and O–H groups in total. The number of rotatable bonds is 4. The second-order valence-corrected chi connectivity index (χ2v) is 6.44. The molecule has 1 aromatic heterocycles. The number of hydrogen-bond acceptors (Lipinski definition) is 7. The van der Waals surface area contributed by atoms with E-state index < -0.39 is 11.7 Å². The van der Waals surface area contributed by atoms with Crippen LogP contribution < -0.4 is 16.0 Å². The number of esters is 1. The summed E-state index contributed by atoms with van der Waals surface area (Å²) >= 11 is 0. The number of piperidine rings is 1. The number of nitrogens with zero attached hydrogens (tertiary/aromatic N) is 3. The summed E-state index contributed by atoms with van der Waals surface area (Å²) in [6.07, 6.45) is -1.81. The molecular formula is C18H20F3N5O2. The SMILES string of the molecule is COC(=O)C1CCN(c2ncnc(Nc3ccc(C(F)(F)F)cc3)c2N)CC1. The van der Waals surface area contributed by atoms with Gasteiger partial charge in [-0.25, -0.2) is 9.97 Å². The molecule has 0 radical (unpaired) electrons. The van der Waals surface area contributed by atoms with Crippen LogP contribution in [0.5, 0.6) is 0 Å². The lowest BCUT2D eigenvalue weighted by Gasteiger charge is -2.32. The van der Waals surface area contributed by atoms with E-state index >= 15 is 0 Å². The van der Waals surface area contributed by atoms with Crippen molar-refractivity contribution in [1.82, 2.24) is 9.97 Å². The largest absolute Gasteiger partial charge is 0.469 e. The fraction of sp³-hybridized carbons (Fsp3) is 0.389. The number of nitrogens with one attached hydrogen (secondary N) is 1. The van der Waals surface area contributed by atoms with Crippen LogP contribution in [0.25, 0.3) is 0 Å². The van der Waals surface area contributed by atoms with E-state index in [0.717, 1.165) is 12.1 Å². The molecule has 1 aromatic carbocycles. The number of nitrogens with two attached hydrogens (primary N) is 1. The first-order chi connectivity index (χ1) is 13.3. The number of anilines is 4. The minimum absolute atomic E-state index is 0.144. The molecule has 28 heavy (non-hydrogen) atoms. The van der Waals surface area contributed by atoms with Crippen LogP contribution in [0, 0.1) is 5.92 Å². The predicted molar refractivity (Wildman–Crippen MR) is 98.1 cm³/mol.